The van der Waals surface area contributed by atoms with Crippen molar-refractivity contribution in [3.05, 3.63) is 23.5 Å². The van der Waals surface area contributed by atoms with E-state index in [2.05, 4.69) is 20.6 Å². The molecular formula is C14H19N5O4. The predicted molar refractivity (Wildman–Crippen MR) is 78.6 cm³/mol. The first-order valence-corrected chi connectivity index (χ1v) is 7.35. The van der Waals surface area contributed by atoms with Gasteiger partial charge in [0.25, 0.3) is 0 Å². The van der Waals surface area contributed by atoms with Gasteiger partial charge < -0.3 is 13.8 Å². The fourth-order valence-corrected chi connectivity index (χ4v) is 2.70. The van der Waals surface area contributed by atoms with E-state index < -0.39 is 0 Å². The molecule has 2 atom stereocenters. The number of carbonyl (C=O) groups excluding carboxylic acids is 1. The van der Waals surface area contributed by atoms with Gasteiger partial charge in [-0.3, -0.25) is 15.0 Å². The van der Waals surface area contributed by atoms with E-state index in [0.29, 0.717) is 36.3 Å². The third kappa shape index (κ3) is 3.57. The van der Waals surface area contributed by atoms with Crippen molar-refractivity contribution in [3.8, 4) is 0 Å². The fourth-order valence-electron chi connectivity index (χ4n) is 2.70. The number of methoxy groups -OCH3 is 1. The van der Waals surface area contributed by atoms with Gasteiger partial charge >= 0.3 is 0 Å². The number of aryl methyl sites for hydroxylation is 2. The number of hydrogen-bond acceptors (Lipinski definition) is 8. The molecule has 2 aromatic heterocycles. The molecule has 0 bridgehead atoms. The maximum Gasteiger partial charge on any atom is 0.244 e. The van der Waals surface area contributed by atoms with Gasteiger partial charge in [-0.05, 0) is 20.3 Å². The summed E-state index contributed by atoms with van der Waals surface area (Å²) in [5.41, 5.74) is 0.708. The number of nitrogens with zero attached hydrogens (tertiary/aromatic N) is 4. The molecule has 124 valence electrons. The molecule has 0 radical (unpaired) electrons. The summed E-state index contributed by atoms with van der Waals surface area (Å²) in [5.74, 6) is 1.21. The molecule has 9 nitrogen and oxygen atoms in total. The molecule has 3 rings (SSSR count). The lowest BCUT2D eigenvalue weighted by atomic mass is 10.2. The quantitative estimate of drug-likeness (QED) is 0.871. The number of nitrogens with one attached hydrogen (secondary N) is 1. The SMILES string of the molecule is CO[C@@H]1C[C@H](c2nc(C)no2)N(CC(=O)Nc2cc(C)no2)C1. The molecule has 1 saturated heterocycles. The van der Waals surface area contributed by atoms with Crippen molar-refractivity contribution in [3.63, 3.8) is 0 Å². The van der Waals surface area contributed by atoms with Gasteiger partial charge in [0, 0.05) is 19.7 Å². The van der Waals surface area contributed by atoms with Crippen molar-refractivity contribution in [1.29, 1.82) is 0 Å². The Balaban J connectivity index is 1.67. The Kier molecular flexibility index (Phi) is 4.39. The van der Waals surface area contributed by atoms with E-state index in [1.165, 1.54) is 0 Å². The molecule has 0 saturated carbocycles. The van der Waals surface area contributed by atoms with Crippen LogP contribution in [0.15, 0.2) is 15.1 Å². The van der Waals surface area contributed by atoms with Crippen molar-refractivity contribution in [2.24, 2.45) is 0 Å². The summed E-state index contributed by atoms with van der Waals surface area (Å²) >= 11 is 0. The number of anilines is 1. The average Bonchev–Trinajstić information content (AvgIpc) is 3.20. The lowest BCUT2D eigenvalue weighted by Crippen LogP contribution is -2.34. The van der Waals surface area contributed by atoms with E-state index >= 15 is 0 Å². The molecule has 0 unspecified atom stereocenters. The fraction of sp³-hybridized carbons (Fsp3) is 0.571. The maximum absolute atomic E-state index is 12.2. The largest absolute Gasteiger partial charge is 0.380 e. The summed E-state index contributed by atoms with van der Waals surface area (Å²) in [6, 6.07) is 1.53. The molecule has 23 heavy (non-hydrogen) atoms. The molecule has 0 aromatic carbocycles. The van der Waals surface area contributed by atoms with Crippen molar-refractivity contribution < 1.29 is 18.6 Å². The molecule has 2 aromatic rings. The van der Waals surface area contributed by atoms with Crippen LogP contribution in [0.1, 0.15) is 29.9 Å². The third-order valence-corrected chi connectivity index (χ3v) is 3.76. The van der Waals surface area contributed by atoms with Gasteiger partial charge in [0.15, 0.2) is 5.82 Å². The van der Waals surface area contributed by atoms with Gasteiger partial charge in [-0.1, -0.05) is 10.3 Å². The van der Waals surface area contributed by atoms with Gasteiger partial charge in [-0.2, -0.15) is 4.98 Å². The highest BCUT2D eigenvalue weighted by molar-refractivity contribution is 5.91. The monoisotopic (exact) mass is 321 g/mol. The third-order valence-electron chi connectivity index (χ3n) is 3.76. The normalized spacial score (nSPS) is 21.7. The van der Waals surface area contributed by atoms with Crippen molar-refractivity contribution >= 4 is 11.8 Å². The smallest absolute Gasteiger partial charge is 0.244 e. The molecule has 9 heteroatoms. The number of rotatable bonds is 5. The zero-order valence-electron chi connectivity index (χ0n) is 13.3. The molecule has 1 aliphatic heterocycles. The molecule has 1 aliphatic rings. The Morgan fingerprint density at radius 2 is 2.26 bits per heavy atom. The van der Waals surface area contributed by atoms with E-state index in [4.69, 9.17) is 13.8 Å². The second-order valence-electron chi connectivity index (χ2n) is 5.60. The first kappa shape index (κ1) is 15.6. The van der Waals surface area contributed by atoms with Crippen LogP contribution in [0, 0.1) is 13.8 Å². The summed E-state index contributed by atoms with van der Waals surface area (Å²) in [6.07, 6.45) is 0.722. The average molecular weight is 321 g/mol. The van der Waals surface area contributed by atoms with Crippen LogP contribution >= 0.6 is 0 Å². The Morgan fingerprint density at radius 3 is 2.87 bits per heavy atom. The minimum atomic E-state index is -0.195. The lowest BCUT2D eigenvalue weighted by Gasteiger charge is -2.19. The molecule has 1 amide bonds. The van der Waals surface area contributed by atoms with Crippen molar-refractivity contribution in [2.45, 2.75) is 32.4 Å². The van der Waals surface area contributed by atoms with E-state index in [1.807, 2.05) is 4.90 Å². The summed E-state index contributed by atoms with van der Waals surface area (Å²) in [4.78, 5) is 18.4. The summed E-state index contributed by atoms with van der Waals surface area (Å²) in [5, 5.41) is 10.2. The first-order valence-electron chi connectivity index (χ1n) is 7.35. The highest BCUT2D eigenvalue weighted by atomic mass is 16.5. The second kappa shape index (κ2) is 6.47. The minimum Gasteiger partial charge on any atom is -0.380 e. The van der Waals surface area contributed by atoms with E-state index in [-0.39, 0.29) is 24.6 Å². The minimum absolute atomic E-state index is 0.0209. The maximum atomic E-state index is 12.2. The van der Waals surface area contributed by atoms with Gasteiger partial charge in [-0.25, -0.2) is 0 Å². The van der Waals surface area contributed by atoms with Gasteiger partial charge in [0.2, 0.25) is 17.7 Å². The zero-order chi connectivity index (χ0) is 16.4. The van der Waals surface area contributed by atoms with Gasteiger partial charge in [-0.15, -0.1) is 0 Å². The standard InChI is InChI=1S/C14H19N5O4/c1-8-4-13(22-17-8)16-12(20)7-19-6-10(21-3)5-11(19)14-15-9(2)18-23-14/h4,10-11H,5-7H2,1-3H3,(H,16,20)/t10-,11-/m1/s1. The van der Waals surface area contributed by atoms with Crippen molar-refractivity contribution in [1.82, 2.24) is 20.2 Å². The van der Waals surface area contributed by atoms with Crippen LogP contribution in [0.4, 0.5) is 5.88 Å². The van der Waals surface area contributed by atoms with Crippen LogP contribution < -0.4 is 5.32 Å². The summed E-state index contributed by atoms with van der Waals surface area (Å²) in [6.45, 7) is 4.34. The van der Waals surface area contributed by atoms with E-state index in [1.54, 1.807) is 27.0 Å². The predicted octanol–water partition coefficient (Wildman–Crippen LogP) is 1.07. The Hall–Kier alpha value is -2.26. The molecular weight excluding hydrogens is 302 g/mol. The van der Waals surface area contributed by atoms with Gasteiger partial charge in [0.05, 0.1) is 24.4 Å². The van der Waals surface area contributed by atoms with Crippen LogP contribution in [0.25, 0.3) is 0 Å². The van der Waals surface area contributed by atoms with Crippen LogP contribution in [0.5, 0.6) is 0 Å². The Bertz CT molecular complexity index is 682. The van der Waals surface area contributed by atoms with Crippen LogP contribution in [-0.2, 0) is 9.53 Å². The number of aromatic nitrogens is 3. The van der Waals surface area contributed by atoms with Crippen LogP contribution in [-0.4, -0.2) is 52.4 Å². The molecule has 3 heterocycles. The Labute approximate surface area is 133 Å². The summed E-state index contributed by atoms with van der Waals surface area (Å²) < 4.78 is 15.7. The molecule has 0 spiro atoms. The molecule has 1 fully saturated rings. The summed E-state index contributed by atoms with van der Waals surface area (Å²) in [7, 11) is 1.65. The van der Waals surface area contributed by atoms with Crippen LogP contribution in [0.2, 0.25) is 0 Å². The Morgan fingerprint density at radius 1 is 1.43 bits per heavy atom. The lowest BCUT2D eigenvalue weighted by molar-refractivity contribution is -0.117. The van der Waals surface area contributed by atoms with E-state index in [0.717, 1.165) is 0 Å². The van der Waals surface area contributed by atoms with Crippen LogP contribution in [0.3, 0.4) is 0 Å². The van der Waals surface area contributed by atoms with E-state index in [9.17, 15) is 4.79 Å². The van der Waals surface area contributed by atoms with Crippen molar-refractivity contribution in [2.75, 3.05) is 25.5 Å². The molecule has 1 N–H and O–H groups in total. The highest BCUT2D eigenvalue weighted by Crippen LogP contribution is 2.32. The molecule has 0 aliphatic carbocycles. The number of ether oxygens (including phenoxy) is 1. The number of hydrogen-bond donors (Lipinski definition) is 1. The first-order chi connectivity index (χ1) is 11.0. The van der Waals surface area contributed by atoms with Gasteiger partial charge in [0.1, 0.15) is 0 Å². The second-order valence-corrected chi connectivity index (χ2v) is 5.60. The number of carbonyl (C=O) groups is 1. The number of likely N-dealkylation sites (tertiary alicyclic amines) is 1. The topological polar surface area (TPSA) is 107 Å². The number of amides is 1. The highest BCUT2D eigenvalue weighted by Gasteiger charge is 2.37. The zero-order valence-corrected chi connectivity index (χ0v) is 13.3.